The summed E-state index contributed by atoms with van der Waals surface area (Å²) in [6.45, 7) is 5.20. The number of carbonyl (C=O) groups is 3. The van der Waals surface area contributed by atoms with Gasteiger partial charge >= 0.3 is 6.03 Å². The van der Waals surface area contributed by atoms with E-state index in [1.807, 2.05) is 4.90 Å². The number of imide groups is 2. The van der Waals surface area contributed by atoms with Crippen LogP contribution in [0.4, 0.5) is 20.6 Å². The summed E-state index contributed by atoms with van der Waals surface area (Å²) >= 11 is 0. The standard InChI is InChI=1S/C23H22FN3O3/c1-14-7-3-4-8-19(14)27-22(29)17(21(28)25-23(27)30)12-16-13-18(24)20(11-15(16)2)26-9-5-6-10-26/h3-4,7-8,11-13H,5-6,9-10H2,1-2H3,(H,25,28,30). The Kier molecular flexibility index (Phi) is 5.11. The fourth-order valence-corrected chi connectivity index (χ4v) is 3.88. The highest BCUT2D eigenvalue weighted by atomic mass is 19.1. The molecule has 2 aromatic rings. The van der Waals surface area contributed by atoms with Crippen LogP contribution in [0.15, 0.2) is 42.0 Å². The first kappa shape index (κ1) is 19.8. The number of rotatable bonds is 3. The third kappa shape index (κ3) is 3.47. The molecule has 0 spiro atoms. The van der Waals surface area contributed by atoms with Gasteiger partial charge in [-0.05, 0) is 67.7 Å². The van der Waals surface area contributed by atoms with Gasteiger partial charge in [0.2, 0.25) is 0 Å². The van der Waals surface area contributed by atoms with E-state index in [1.54, 1.807) is 44.2 Å². The van der Waals surface area contributed by atoms with E-state index in [2.05, 4.69) is 5.32 Å². The van der Waals surface area contributed by atoms with Crippen molar-refractivity contribution in [2.24, 2.45) is 0 Å². The van der Waals surface area contributed by atoms with Crippen LogP contribution in [-0.4, -0.2) is 30.9 Å². The molecule has 2 aromatic carbocycles. The van der Waals surface area contributed by atoms with Crippen LogP contribution in [0, 0.1) is 19.7 Å². The Bertz CT molecular complexity index is 1090. The monoisotopic (exact) mass is 407 g/mol. The van der Waals surface area contributed by atoms with Crippen molar-refractivity contribution in [2.45, 2.75) is 26.7 Å². The topological polar surface area (TPSA) is 69.7 Å². The third-order valence-electron chi connectivity index (χ3n) is 5.54. The Balaban J connectivity index is 1.73. The average molecular weight is 407 g/mol. The van der Waals surface area contributed by atoms with E-state index in [-0.39, 0.29) is 5.57 Å². The summed E-state index contributed by atoms with van der Waals surface area (Å²) < 4.78 is 14.8. The molecular weight excluding hydrogens is 385 g/mol. The second-order valence-electron chi connectivity index (χ2n) is 7.60. The van der Waals surface area contributed by atoms with Crippen LogP contribution in [0.2, 0.25) is 0 Å². The van der Waals surface area contributed by atoms with Crippen molar-refractivity contribution in [3.8, 4) is 0 Å². The van der Waals surface area contributed by atoms with Crippen molar-refractivity contribution in [3.05, 3.63) is 64.5 Å². The van der Waals surface area contributed by atoms with E-state index in [9.17, 15) is 18.8 Å². The van der Waals surface area contributed by atoms with Gasteiger partial charge in [0.1, 0.15) is 11.4 Å². The number of benzene rings is 2. The average Bonchev–Trinajstić information content (AvgIpc) is 3.23. The van der Waals surface area contributed by atoms with Crippen molar-refractivity contribution in [2.75, 3.05) is 22.9 Å². The summed E-state index contributed by atoms with van der Waals surface area (Å²) in [6.07, 6.45) is 3.41. The molecule has 2 saturated heterocycles. The van der Waals surface area contributed by atoms with Crippen LogP contribution in [0.5, 0.6) is 0 Å². The number of barbiturate groups is 1. The summed E-state index contributed by atoms with van der Waals surface area (Å²) in [6, 6.07) is 9.18. The number of hydrogen-bond acceptors (Lipinski definition) is 4. The van der Waals surface area contributed by atoms with Gasteiger partial charge in [-0.2, -0.15) is 0 Å². The van der Waals surface area contributed by atoms with Crippen LogP contribution in [0.25, 0.3) is 6.08 Å². The zero-order chi connectivity index (χ0) is 21.4. The zero-order valence-corrected chi connectivity index (χ0v) is 16.9. The molecular formula is C23H22FN3O3. The Morgan fingerprint density at radius 3 is 2.37 bits per heavy atom. The van der Waals surface area contributed by atoms with Crippen LogP contribution >= 0.6 is 0 Å². The van der Waals surface area contributed by atoms with Gasteiger partial charge in [-0.15, -0.1) is 0 Å². The number of urea groups is 1. The van der Waals surface area contributed by atoms with E-state index in [0.717, 1.165) is 36.4 Å². The summed E-state index contributed by atoms with van der Waals surface area (Å²) in [7, 11) is 0. The van der Waals surface area contributed by atoms with Gasteiger partial charge in [-0.3, -0.25) is 14.9 Å². The lowest BCUT2D eigenvalue weighted by molar-refractivity contribution is -0.122. The maximum atomic E-state index is 14.8. The van der Waals surface area contributed by atoms with E-state index in [4.69, 9.17) is 0 Å². The Morgan fingerprint density at radius 1 is 0.967 bits per heavy atom. The number of carbonyl (C=O) groups excluding carboxylic acids is 3. The Morgan fingerprint density at radius 2 is 1.67 bits per heavy atom. The SMILES string of the molecule is Cc1cc(N2CCCC2)c(F)cc1C=C1C(=O)NC(=O)N(c2ccccc2C)C1=O. The van der Waals surface area contributed by atoms with Gasteiger partial charge in [0.15, 0.2) is 0 Å². The molecule has 0 bridgehead atoms. The molecule has 30 heavy (non-hydrogen) atoms. The fraction of sp³-hybridized carbons (Fsp3) is 0.261. The summed E-state index contributed by atoms with van der Waals surface area (Å²) in [5, 5.41) is 2.20. The van der Waals surface area contributed by atoms with Gasteiger partial charge < -0.3 is 4.90 Å². The molecule has 2 heterocycles. The van der Waals surface area contributed by atoms with Gasteiger partial charge in [0.25, 0.3) is 11.8 Å². The van der Waals surface area contributed by atoms with Gasteiger partial charge in [0.05, 0.1) is 11.4 Å². The number of para-hydroxylation sites is 1. The second kappa shape index (κ2) is 7.74. The summed E-state index contributed by atoms with van der Waals surface area (Å²) in [4.78, 5) is 40.7. The number of nitrogens with one attached hydrogen (secondary N) is 1. The molecule has 7 heteroatoms. The molecule has 4 rings (SSSR count). The third-order valence-corrected chi connectivity index (χ3v) is 5.54. The number of amides is 4. The Labute approximate surface area is 174 Å². The first-order chi connectivity index (χ1) is 14.4. The molecule has 2 aliphatic rings. The van der Waals surface area contributed by atoms with Crippen molar-refractivity contribution in [3.63, 3.8) is 0 Å². The molecule has 0 atom stereocenters. The van der Waals surface area contributed by atoms with E-state index in [1.165, 1.54) is 12.1 Å². The minimum atomic E-state index is -0.802. The Hall–Kier alpha value is -3.48. The first-order valence-electron chi connectivity index (χ1n) is 9.89. The molecule has 4 amide bonds. The summed E-state index contributed by atoms with van der Waals surface area (Å²) in [5.41, 5.74) is 2.59. The molecule has 0 unspecified atom stereocenters. The number of aryl methyl sites for hydroxylation is 2. The van der Waals surface area contributed by atoms with Crippen molar-refractivity contribution < 1.29 is 18.8 Å². The highest BCUT2D eigenvalue weighted by Gasteiger charge is 2.37. The lowest BCUT2D eigenvalue weighted by atomic mass is 10.0. The molecule has 1 N–H and O–H groups in total. The maximum absolute atomic E-state index is 14.8. The lowest BCUT2D eigenvalue weighted by Gasteiger charge is -2.27. The van der Waals surface area contributed by atoms with E-state index >= 15 is 0 Å². The number of halogens is 1. The highest BCUT2D eigenvalue weighted by molar-refractivity contribution is 6.39. The molecule has 6 nitrogen and oxygen atoms in total. The predicted molar refractivity (Wildman–Crippen MR) is 113 cm³/mol. The highest BCUT2D eigenvalue weighted by Crippen LogP contribution is 2.29. The molecule has 0 aliphatic carbocycles. The quantitative estimate of drug-likeness (QED) is 0.622. The normalized spacial score (nSPS) is 18.4. The summed E-state index contributed by atoms with van der Waals surface area (Å²) in [5.74, 6) is -1.93. The van der Waals surface area contributed by atoms with Gasteiger partial charge in [-0.1, -0.05) is 18.2 Å². The molecule has 0 radical (unpaired) electrons. The fourth-order valence-electron chi connectivity index (χ4n) is 3.88. The molecule has 154 valence electrons. The van der Waals surface area contributed by atoms with Gasteiger partial charge in [0, 0.05) is 13.1 Å². The van der Waals surface area contributed by atoms with Crippen molar-refractivity contribution in [1.82, 2.24) is 5.32 Å². The number of anilines is 2. The zero-order valence-electron chi connectivity index (χ0n) is 16.9. The first-order valence-corrected chi connectivity index (χ1v) is 9.89. The van der Waals surface area contributed by atoms with Crippen LogP contribution in [0.3, 0.4) is 0 Å². The van der Waals surface area contributed by atoms with Crippen molar-refractivity contribution in [1.29, 1.82) is 0 Å². The smallest absolute Gasteiger partial charge is 0.335 e. The van der Waals surface area contributed by atoms with Crippen LogP contribution in [-0.2, 0) is 9.59 Å². The van der Waals surface area contributed by atoms with E-state index < -0.39 is 23.7 Å². The van der Waals surface area contributed by atoms with Crippen LogP contribution < -0.4 is 15.1 Å². The lowest BCUT2D eigenvalue weighted by Crippen LogP contribution is -2.54. The predicted octanol–water partition coefficient (Wildman–Crippen LogP) is 3.71. The molecule has 0 saturated carbocycles. The van der Waals surface area contributed by atoms with Crippen molar-refractivity contribution >= 4 is 35.3 Å². The minimum absolute atomic E-state index is 0.214. The minimum Gasteiger partial charge on any atom is -0.369 e. The largest absolute Gasteiger partial charge is 0.369 e. The second-order valence-corrected chi connectivity index (χ2v) is 7.60. The van der Waals surface area contributed by atoms with Crippen LogP contribution in [0.1, 0.15) is 29.5 Å². The number of nitrogens with zero attached hydrogens (tertiary/aromatic N) is 2. The molecule has 2 fully saturated rings. The number of hydrogen-bond donors (Lipinski definition) is 1. The molecule has 2 aliphatic heterocycles. The maximum Gasteiger partial charge on any atom is 0.335 e. The van der Waals surface area contributed by atoms with E-state index in [0.29, 0.717) is 22.5 Å². The molecule has 0 aromatic heterocycles. The van der Waals surface area contributed by atoms with Gasteiger partial charge in [-0.25, -0.2) is 14.1 Å².